The van der Waals surface area contributed by atoms with Crippen molar-refractivity contribution < 1.29 is 4.74 Å². The van der Waals surface area contributed by atoms with Gasteiger partial charge in [0.25, 0.3) is 0 Å². The van der Waals surface area contributed by atoms with Gasteiger partial charge in [0, 0.05) is 43.9 Å². The van der Waals surface area contributed by atoms with Crippen LogP contribution in [0.1, 0.15) is 18.4 Å². The van der Waals surface area contributed by atoms with Crippen LogP contribution >= 0.6 is 0 Å². The van der Waals surface area contributed by atoms with Crippen LogP contribution in [0.2, 0.25) is 0 Å². The van der Waals surface area contributed by atoms with E-state index in [-0.39, 0.29) is 0 Å². The summed E-state index contributed by atoms with van der Waals surface area (Å²) in [7, 11) is 0. The largest absolute Gasteiger partial charge is 0.438 e. The lowest BCUT2D eigenvalue weighted by atomic mass is 10.1. The third-order valence-corrected chi connectivity index (χ3v) is 4.55. The van der Waals surface area contributed by atoms with Gasteiger partial charge in [0.2, 0.25) is 5.88 Å². The van der Waals surface area contributed by atoms with Crippen molar-refractivity contribution in [1.82, 2.24) is 24.4 Å². The summed E-state index contributed by atoms with van der Waals surface area (Å²) >= 11 is 0. The number of ether oxygens (including phenoxy) is 1. The number of aromatic nitrogens is 4. The first-order valence-electron chi connectivity index (χ1n) is 8.59. The van der Waals surface area contributed by atoms with Gasteiger partial charge in [-0.3, -0.25) is 9.88 Å². The number of benzene rings is 1. The second kappa shape index (κ2) is 7.44. The molecule has 0 N–H and O–H groups in total. The van der Waals surface area contributed by atoms with Crippen LogP contribution in [0.3, 0.4) is 0 Å². The second-order valence-electron chi connectivity index (χ2n) is 6.32. The van der Waals surface area contributed by atoms with E-state index >= 15 is 0 Å². The summed E-state index contributed by atoms with van der Waals surface area (Å²) in [5.41, 5.74) is 1.30. The fourth-order valence-electron chi connectivity index (χ4n) is 3.30. The van der Waals surface area contributed by atoms with Crippen LogP contribution in [-0.4, -0.2) is 37.0 Å². The van der Waals surface area contributed by atoms with Gasteiger partial charge in [-0.25, -0.2) is 9.97 Å². The molecule has 3 heterocycles. The predicted molar refractivity (Wildman–Crippen MR) is 94.2 cm³/mol. The highest BCUT2D eigenvalue weighted by molar-refractivity contribution is 5.30. The lowest BCUT2D eigenvalue weighted by molar-refractivity contribution is 0.224. The van der Waals surface area contributed by atoms with Gasteiger partial charge >= 0.3 is 0 Å². The first-order valence-corrected chi connectivity index (χ1v) is 8.59. The molecule has 0 aliphatic carbocycles. The molecule has 1 fully saturated rings. The molecule has 25 heavy (non-hydrogen) atoms. The Bertz CT molecular complexity index is 773. The second-order valence-corrected chi connectivity index (χ2v) is 6.32. The highest BCUT2D eigenvalue weighted by atomic mass is 16.5. The van der Waals surface area contributed by atoms with E-state index in [2.05, 4.69) is 36.6 Å². The van der Waals surface area contributed by atoms with Gasteiger partial charge in [0.1, 0.15) is 5.75 Å². The molecule has 1 aliphatic rings. The first kappa shape index (κ1) is 15.8. The van der Waals surface area contributed by atoms with Crippen molar-refractivity contribution in [2.75, 3.05) is 6.54 Å². The molecule has 0 bridgehead atoms. The van der Waals surface area contributed by atoms with Crippen molar-refractivity contribution in [3.63, 3.8) is 0 Å². The first-order chi connectivity index (χ1) is 12.4. The lowest BCUT2D eigenvalue weighted by Gasteiger charge is -2.24. The maximum atomic E-state index is 5.70. The molecule has 1 atom stereocenters. The molecule has 1 saturated heterocycles. The van der Waals surface area contributed by atoms with Crippen LogP contribution in [0.25, 0.3) is 0 Å². The normalized spacial score (nSPS) is 17.7. The van der Waals surface area contributed by atoms with Crippen LogP contribution in [0.5, 0.6) is 11.6 Å². The van der Waals surface area contributed by atoms with E-state index in [0.29, 0.717) is 11.9 Å². The zero-order chi connectivity index (χ0) is 16.9. The van der Waals surface area contributed by atoms with E-state index in [4.69, 9.17) is 4.74 Å². The van der Waals surface area contributed by atoms with Crippen molar-refractivity contribution in [1.29, 1.82) is 0 Å². The van der Waals surface area contributed by atoms with Gasteiger partial charge in [-0.2, -0.15) is 0 Å². The summed E-state index contributed by atoms with van der Waals surface area (Å²) < 4.78 is 7.86. The molecule has 1 aliphatic heterocycles. The van der Waals surface area contributed by atoms with Gasteiger partial charge in [0.05, 0.1) is 12.5 Å². The van der Waals surface area contributed by atoms with Crippen LogP contribution in [0.15, 0.2) is 61.6 Å². The molecule has 0 spiro atoms. The van der Waals surface area contributed by atoms with Gasteiger partial charge in [-0.05, 0) is 37.1 Å². The molecule has 2 aromatic heterocycles. The van der Waals surface area contributed by atoms with Crippen LogP contribution in [0.4, 0.5) is 0 Å². The number of hydrogen-bond acceptors (Lipinski definition) is 5. The van der Waals surface area contributed by atoms with Crippen LogP contribution < -0.4 is 4.74 Å². The Balaban J connectivity index is 1.37. The molecule has 1 aromatic carbocycles. The van der Waals surface area contributed by atoms with E-state index < -0.39 is 0 Å². The molecule has 0 unspecified atom stereocenters. The van der Waals surface area contributed by atoms with Crippen molar-refractivity contribution in [3.05, 3.63) is 67.1 Å². The molecule has 6 nitrogen and oxygen atoms in total. The minimum absolute atomic E-state index is 0.509. The Hall–Kier alpha value is -2.73. The van der Waals surface area contributed by atoms with E-state index in [1.54, 1.807) is 18.6 Å². The average molecular weight is 335 g/mol. The number of hydrogen-bond donors (Lipinski definition) is 0. The smallest absolute Gasteiger partial charge is 0.237 e. The summed E-state index contributed by atoms with van der Waals surface area (Å²) in [5.74, 6) is 1.29. The monoisotopic (exact) mass is 335 g/mol. The van der Waals surface area contributed by atoms with Crippen LogP contribution in [0, 0.1) is 0 Å². The van der Waals surface area contributed by atoms with E-state index in [9.17, 15) is 0 Å². The number of likely N-dealkylation sites (tertiary alicyclic amines) is 1. The fraction of sp³-hybridized carbons (Fsp3) is 0.316. The van der Waals surface area contributed by atoms with Crippen molar-refractivity contribution in [2.45, 2.75) is 32.0 Å². The van der Waals surface area contributed by atoms with E-state index in [1.807, 2.05) is 30.9 Å². The summed E-state index contributed by atoms with van der Waals surface area (Å²) in [5, 5.41) is 0. The minimum Gasteiger partial charge on any atom is -0.438 e. The van der Waals surface area contributed by atoms with Gasteiger partial charge in [0.15, 0.2) is 0 Å². The summed E-state index contributed by atoms with van der Waals surface area (Å²) in [6.07, 6.45) is 13.1. The quantitative estimate of drug-likeness (QED) is 0.693. The standard InChI is InChI=1S/C19H21N5O/c1-2-17(14-23-11-9-21-15-23)24(10-1)13-16-3-5-18(6-4-16)25-19-12-20-7-8-22-19/h3-9,11-12,15,17H,1-2,10,13-14H2/t17-/m1/s1. The molecule has 0 radical (unpaired) electrons. The van der Waals surface area contributed by atoms with E-state index in [0.717, 1.165) is 25.4 Å². The predicted octanol–water partition coefficient (Wildman–Crippen LogP) is 3.13. The molecule has 0 saturated carbocycles. The van der Waals surface area contributed by atoms with E-state index in [1.165, 1.54) is 18.4 Å². The SMILES string of the molecule is c1cnc(Oc2ccc(CN3CCC[C@@H]3Cn3ccnc3)cc2)cn1. The molecule has 4 rings (SSSR count). The Kier molecular flexibility index (Phi) is 4.70. The van der Waals surface area contributed by atoms with Gasteiger partial charge < -0.3 is 9.30 Å². The maximum Gasteiger partial charge on any atom is 0.237 e. The summed E-state index contributed by atoms with van der Waals surface area (Å²) in [4.78, 5) is 14.8. The van der Waals surface area contributed by atoms with Crippen LogP contribution in [-0.2, 0) is 13.1 Å². The zero-order valence-electron chi connectivity index (χ0n) is 14.0. The van der Waals surface area contributed by atoms with Gasteiger partial charge in [-0.15, -0.1) is 0 Å². The number of rotatable bonds is 6. The highest BCUT2D eigenvalue weighted by Gasteiger charge is 2.24. The summed E-state index contributed by atoms with van der Waals surface area (Å²) in [6.45, 7) is 3.12. The van der Waals surface area contributed by atoms with Crippen molar-refractivity contribution in [2.24, 2.45) is 0 Å². The third-order valence-electron chi connectivity index (χ3n) is 4.55. The van der Waals surface area contributed by atoms with Crippen molar-refractivity contribution in [3.8, 4) is 11.6 Å². The molecular weight excluding hydrogens is 314 g/mol. The Labute approximate surface area is 147 Å². The molecular formula is C19H21N5O. The molecule has 3 aromatic rings. The zero-order valence-corrected chi connectivity index (χ0v) is 14.0. The third kappa shape index (κ3) is 4.03. The Morgan fingerprint density at radius 1 is 1.08 bits per heavy atom. The average Bonchev–Trinajstić information content (AvgIpc) is 3.31. The Morgan fingerprint density at radius 3 is 2.76 bits per heavy atom. The number of nitrogens with zero attached hydrogens (tertiary/aromatic N) is 5. The maximum absolute atomic E-state index is 5.70. The molecule has 6 heteroatoms. The van der Waals surface area contributed by atoms with Crippen molar-refractivity contribution >= 4 is 0 Å². The fourth-order valence-corrected chi connectivity index (χ4v) is 3.30. The molecule has 0 amide bonds. The summed E-state index contributed by atoms with van der Waals surface area (Å²) in [6, 6.07) is 8.80. The Morgan fingerprint density at radius 2 is 2.00 bits per heavy atom. The van der Waals surface area contributed by atoms with Gasteiger partial charge in [-0.1, -0.05) is 12.1 Å². The number of imidazole rings is 1. The lowest BCUT2D eigenvalue weighted by Crippen LogP contribution is -2.32. The topological polar surface area (TPSA) is 56.1 Å². The minimum atomic E-state index is 0.509. The highest BCUT2D eigenvalue weighted by Crippen LogP contribution is 2.23. The molecule has 128 valence electrons.